The molecule has 0 aliphatic carbocycles. The SMILES string of the molecule is Cc1ccc(-c2nnn(C)n2)cc1-c1ccco1. The number of rotatable bonds is 2. The van der Waals surface area contributed by atoms with Crippen molar-refractivity contribution in [1.82, 2.24) is 20.2 Å². The first-order chi connectivity index (χ1) is 8.74. The first kappa shape index (κ1) is 10.7. The standard InChI is InChI=1S/C13H12N4O/c1-9-5-6-10(13-14-16-17(2)15-13)8-11(9)12-4-3-7-18-12/h3-8H,1-2H3. The molecule has 0 unspecified atom stereocenters. The summed E-state index contributed by atoms with van der Waals surface area (Å²) in [5, 5.41) is 12.0. The number of nitrogens with zero attached hydrogens (tertiary/aromatic N) is 4. The Balaban J connectivity index is 2.11. The minimum atomic E-state index is 0.616. The van der Waals surface area contributed by atoms with Crippen LogP contribution in [-0.2, 0) is 7.05 Å². The number of aryl methyl sites for hydroxylation is 2. The fourth-order valence-electron chi connectivity index (χ4n) is 1.86. The quantitative estimate of drug-likeness (QED) is 0.690. The zero-order valence-electron chi connectivity index (χ0n) is 10.2. The smallest absolute Gasteiger partial charge is 0.204 e. The van der Waals surface area contributed by atoms with Gasteiger partial charge < -0.3 is 4.42 Å². The highest BCUT2D eigenvalue weighted by Gasteiger charge is 2.10. The summed E-state index contributed by atoms with van der Waals surface area (Å²) in [7, 11) is 1.75. The molecule has 3 aromatic rings. The highest BCUT2D eigenvalue weighted by molar-refractivity contribution is 5.69. The van der Waals surface area contributed by atoms with Crippen molar-refractivity contribution in [3.63, 3.8) is 0 Å². The normalized spacial score (nSPS) is 10.8. The summed E-state index contributed by atoms with van der Waals surface area (Å²) in [5.41, 5.74) is 3.13. The monoisotopic (exact) mass is 240 g/mol. The summed E-state index contributed by atoms with van der Waals surface area (Å²) in [6, 6.07) is 9.85. The van der Waals surface area contributed by atoms with Crippen LogP contribution in [0.1, 0.15) is 5.56 Å². The van der Waals surface area contributed by atoms with Gasteiger partial charge in [0.1, 0.15) is 5.76 Å². The highest BCUT2D eigenvalue weighted by Crippen LogP contribution is 2.27. The van der Waals surface area contributed by atoms with E-state index in [0.717, 1.165) is 22.5 Å². The number of aromatic nitrogens is 4. The maximum Gasteiger partial charge on any atom is 0.204 e. The second-order valence-electron chi connectivity index (χ2n) is 4.11. The lowest BCUT2D eigenvalue weighted by Gasteiger charge is -2.04. The molecule has 0 aliphatic heterocycles. The summed E-state index contributed by atoms with van der Waals surface area (Å²) >= 11 is 0. The second kappa shape index (κ2) is 4.10. The zero-order chi connectivity index (χ0) is 12.5. The third-order valence-electron chi connectivity index (χ3n) is 2.79. The van der Waals surface area contributed by atoms with Gasteiger partial charge in [0, 0.05) is 11.1 Å². The molecule has 0 fully saturated rings. The van der Waals surface area contributed by atoms with Crippen LogP contribution in [0.3, 0.4) is 0 Å². The van der Waals surface area contributed by atoms with Crippen molar-refractivity contribution in [3.05, 3.63) is 42.2 Å². The fourth-order valence-corrected chi connectivity index (χ4v) is 1.86. The van der Waals surface area contributed by atoms with Gasteiger partial charge in [-0.2, -0.15) is 4.80 Å². The second-order valence-corrected chi connectivity index (χ2v) is 4.11. The van der Waals surface area contributed by atoms with Gasteiger partial charge in [0.15, 0.2) is 0 Å². The Kier molecular flexibility index (Phi) is 2.44. The maximum atomic E-state index is 5.43. The van der Waals surface area contributed by atoms with Crippen molar-refractivity contribution in [2.75, 3.05) is 0 Å². The average Bonchev–Trinajstić information content (AvgIpc) is 3.01. The number of hydrogen-bond acceptors (Lipinski definition) is 4. The largest absolute Gasteiger partial charge is 0.464 e. The molecule has 2 heterocycles. The van der Waals surface area contributed by atoms with Crippen molar-refractivity contribution in [2.45, 2.75) is 6.92 Å². The van der Waals surface area contributed by atoms with Crippen LogP contribution in [0.2, 0.25) is 0 Å². The topological polar surface area (TPSA) is 56.7 Å². The van der Waals surface area contributed by atoms with Crippen LogP contribution in [0.4, 0.5) is 0 Å². The van der Waals surface area contributed by atoms with Crippen LogP contribution < -0.4 is 0 Å². The molecule has 0 atom stereocenters. The molecule has 0 spiro atoms. The summed E-state index contributed by atoms with van der Waals surface area (Å²) < 4.78 is 5.43. The van der Waals surface area contributed by atoms with Crippen LogP contribution in [0, 0.1) is 6.92 Å². The van der Waals surface area contributed by atoms with E-state index in [9.17, 15) is 0 Å². The van der Waals surface area contributed by atoms with Crippen LogP contribution in [-0.4, -0.2) is 20.2 Å². The molecule has 0 amide bonds. The maximum absolute atomic E-state index is 5.43. The van der Waals surface area contributed by atoms with Crippen LogP contribution in [0.15, 0.2) is 41.0 Å². The predicted molar refractivity (Wildman–Crippen MR) is 66.7 cm³/mol. The van der Waals surface area contributed by atoms with Gasteiger partial charge in [-0.25, -0.2) is 0 Å². The Bertz CT molecular complexity index is 670. The number of benzene rings is 1. The molecule has 0 saturated carbocycles. The molecule has 0 radical (unpaired) electrons. The number of furan rings is 1. The van der Waals surface area contributed by atoms with E-state index in [2.05, 4.69) is 15.4 Å². The van der Waals surface area contributed by atoms with Gasteiger partial charge in [0.05, 0.1) is 13.3 Å². The summed E-state index contributed by atoms with van der Waals surface area (Å²) in [4.78, 5) is 1.45. The lowest BCUT2D eigenvalue weighted by Crippen LogP contribution is -1.92. The first-order valence-corrected chi connectivity index (χ1v) is 5.63. The van der Waals surface area contributed by atoms with Crippen molar-refractivity contribution in [3.8, 4) is 22.7 Å². The van der Waals surface area contributed by atoms with Crippen LogP contribution >= 0.6 is 0 Å². The van der Waals surface area contributed by atoms with Crippen molar-refractivity contribution in [1.29, 1.82) is 0 Å². The molecule has 18 heavy (non-hydrogen) atoms. The van der Waals surface area contributed by atoms with E-state index in [1.807, 2.05) is 37.3 Å². The van der Waals surface area contributed by atoms with Gasteiger partial charge in [-0.05, 0) is 35.9 Å². The summed E-state index contributed by atoms with van der Waals surface area (Å²) in [6.45, 7) is 2.05. The Hall–Kier alpha value is -2.43. The van der Waals surface area contributed by atoms with E-state index < -0.39 is 0 Å². The average molecular weight is 240 g/mol. The van der Waals surface area contributed by atoms with Crippen LogP contribution in [0.5, 0.6) is 0 Å². The minimum Gasteiger partial charge on any atom is -0.464 e. The molecule has 1 aromatic carbocycles. The van der Waals surface area contributed by atoms with Crippen molar-refractivity contribution >= 4 is 0 Å². The third-order valence-corrected chi connectivity index (χ3v) is 2.79. The fraction of sp³-hybridized carbons (Fsp3) is 0.154. The summed E-state index contributed by atoms with van der Waals surface area (Å²) in [5.74, 6) is 1.46. The van der Waals surface area contributed by atoms with Crippen molar-refractivity contribution in [2.24, 2.45) is 7.05 Å². The third kappa shape index (κ3) is 1.79. The van der Waals surface area contributed by atoms with E-state index in [-0.39, 0.29) is 0 Å². The molecule has 5 heteroatoms. The van der Waals surface area contributed by atoms with E-state index in [4.69, 9.17) is 4.42 Å². The molecule has 90 valence electrons. The predicted octanol–water partition coefficient (Wildman–Crippen LogP) is 2.45. The Labute approximate surface area is 104 Å². The van der Waals surface area contributed by atoms with Crippen molar-refractivity contribution < 1.29 is 4.42 Å². The molecule has 0 N–H and O–H groups in total. The van der Waals surface area contributed by atoms with Crippen LogP contribution in [0.25, 0.3) is 22.7 Å². The van der Waals surface area contributed by atoms with E-state index in [1.54, 1.807) is 13.3 Å². The molecule has 0 saturated heterocycles. The number of hydrogen-bond donors (Lipinski definition) is 0. The molecule has 0 aliphatic rings. The molecule has 0 bridgehead atoms. The van der Waals surface area contributed by atoms with Gasteiger partial charge in [-0.3, -0.25) is 0 Å². The van der Waals surface area contributed by atoms with Gasteiger partial charge in [-0.1, -0.05) is 12.1 Å². The van der Waals surface area contributed by atoms with Gasteiger partial charge >= 0.3 is 0 Å². The molecular formula is C13H12N4O. The lowest BCUT2D eigenvalue weighted by atomic mass is 10.0. The zero-order valence-corrected chi connectivity index (χ0v) is 10.2. The number of tetrazole rings is 1. The molecule has 5 nitrogen and oxygen atoms in total. The van der Waals surface area contributed by atoms with E-state index in [1.165, 1.54) is 4.80 Å². The molecule has 2 aromatic heterocycles. The molecular weight excluding hydrogens is 228 g/mol. The summed E-state index contributed by atoms with van der Waals surface area (Å²) in [6.07, 6.45) is 1.67. The first-order valence-electron chi connectivity index (χ1n) is 5.63. The molecule has 3 rings (SSSR count). The van der Waals surface area contributed by atoms with E-state index >= 15 is 0 Å². The van der Waals surface area contributed by atoms with E-state index in [0.29, 0.717) is 5.82 Å². The Morgan fingerprint density at radius 1 is 1.22 bits per heavy atom. The van der Waals surface area contributed by atoms with Gasteiger partial charge in [0.25, 0.3) is 0 Å². The minimum absolute atomic E-state index is 0.616. The Morgan fingerprint density at radius 2 is 2.11 bits per heavy atom. The van der Waals surface area contributed by atoms with Gasteiger partial charge in [0.2, 0.25) is 5.82 Å². The lowest BCUT2D eigenvalue weighted by molar-refractivity contribution is 0.582. The highest BCUT2D eigenvalue weighted by atomic mass is 16.3. The Morgan fingerprint density at radius 3 is 2.78 bits per heavy atom. The van der Waals surface area contributed by atoms with Gasteiger partial charge in [-0.15, -0.1) is 10.2 Å².